The average Bonchev–Trinajstić information content (AvgIpc) is 3.03. The molecule has 7 nitrogen and oxygen atoms in total. The van der Waals surface area contributed by atoms with Gasteiger partial charge >= 0.3 is 0 Å². The summed E-state index contributed by atoms with van der Waals surface area (Å²) in [5.74, 6) is 0.815. The summed E-state index contributed by atoms with van der Waals surface area (Å²) in [5.41, 5.74) is 0. The molecule has 0 N–H and O–H groups in total. The summed E-state index contributed by atoms with van der Waals surface area (Å²) in [7, 11) is 0. The summed E-state index contributed by atoms with van der Waals surface area (Å²) in [6.07, 6.45) is 3.90. The van der Waals surface area contributed by atoms with E-state index < -0.39 is 0 Å². The van der Waals surface area contributed by atoms with Crippen LogP contribution in [0, 0.1) is 5.92 Å². The van der Waals surface area contributed by atoms with Gasteiger partial charge in [0.2, 0.25) is 17.7 Å². The van der Waals surface area contributed by atoms with Crippen LogP contribution in [0.1, 0.15) is 26.2 Å². The van der Waals surface area contributed by atoms with Crippen LogP contribution in [0.4, 0.5) is 0 Å². The van der Waals surface area contributed by atoms with Gasteiger partial charge < -0.3 is 14.5 Å². The Hall–Kier alpha value is -2.18. The van der Waals surface area contributed by atoms with Crippen LogP contribution in [0.25, 0.3) is 0 Å². The highest BCUT2D eigenvalue weighted by Gasteiger charge is 2.34. The van der Waals surface area contributed by atoms with E-state index in [1.54, 1.807) is 25.3 Å². The molecule has 2 aliphatic rings. The molecule has 23 heavy (non-hydrogen) atoms. The predicted octanol–water partition coefficient (Wildman–Crippen LogP) is 0.715. The Labute approximate surface area is 135 Å². The number of piperidine rings is 1. The summed E-state index contributed by atoms with van der Waals surface area (Å²) in [6, 6.07) is 3.55. The fourth-order valence-electron chi connectivity index (χ4n) is 3.25. The summed E-state index contributed by atoms with van der Waals surface area (Å²) >= 11 is 0. The molecule has 0 aromatic carbocycles. The topological polar surface area (TPSA) is 75.6 Å². The fourth-order valence-corrected chi connectivity index (χ4v) is 3.25. The number of likely N-dealkylation sites (tertiary alicyclic amines) is 2. The van der Waals surface area contributed by atoms with Crippen molar-refractivity contribution in [2.24, 2.45) is 5.92 Å². The lowest BCUT2D eigenvalue weighted by atomic mass is 9.95. The molecule has 0 radical (unpaired) electrons. The Morgan fingerprint density at radius 1 is 1.17 bits per heavy atom. The van der Waals surface area contributed by atoms with E-state index in [0.717, 1.165) is 25.8 Å². The summed E-state index contributed by atoms with van der Waals surface area (Å²) < 4.78 is 5.77. The number of amides is 2. The summed E-state index contributed by atoms with van der Waals surface area (Å²) in [4.78, 5) is 27.7. The monoisotopic (exact) mass is 318 g/mol. The van der Waals surface area contributed by atoms with Gasteiger partial charge in [-0.15, -0.1) is 5.10 Å². The third kappa shape index (κ3) is 3.78. The Morgan fingerprint density at radius 2 is 1.91 bits per heavy atom. The number of rotatable bonds is 3. The molecule has 0 saturated carbocycles. The van der Waals surface area contributed by atoms with Gasteiger partial charge in [-0.05, 0) is 18.9 Å². The highest BCUT2D eigenvalue weighted by Crippen LogP contribution is 2.23. The van der Waals surface area contributed by atoms with Gasteiger partial charge in [0.25, 0.3) is 0 Å². The first-order chi connectivity index (χ1) is 11.1. The molecule has 1 aromatic rings. The van der Waals surface area contributed by atoms with Crippen LogP contribution in [0.15, 0.2) is 18.3 Å². The highest BCUT2D eigenvalue weighted by molar-refractivity contribution is 5.80. The van der Waals surface area contributed by atoms with Gasteiger partial charge in [0.1, 0.15) is 6.10 Å². The van der Waals surface area contributed by atoms with Crippen LogP contribution in [0.3, 0.4) is 0 Å². The largest absolute Gasteiger partial charge is 0.471 e. The zero-order chi connectivity index (χ0) is 16.2. The van der Waals surface area contributed by atoms with Gasteiger partial charge in [0.05, 0.1) is 6.54 Å². The normalized spacial score (nSPS) is 22.2. The van der Waals surface area contributed by atoms with Crippen LogP contribution in [0.5, 0.6) is 5.88 Å². The molecule has 3 rings (SSSR count). The number of ether oxygens (including phenoxy) is 1. The summed E-state index contributed by atoms with van der Waals surface area (Å²) in [6.45, 7) is 4.26. The number of hydrogen-bond acceptors (Lipinski definition) is 5. The third-order valence-corrected chi connectivity index (χ3v) is 4.58. The SMILES string of the molecule is CC(=O)N1CCC(C(=O)N2CC[C@H](Oc3cccnn3)C2)CC1. The zero-order valence-corrected chi connectivity index (χ0v) is 13.4. The second-order valence-corrected chi connectivity index (χ2v) is 6.16. The van der Waals surface area contributed by atoms with Crippen LogP contribution in [0.2, 0.25) is 0 Å². The van der Waals surface area contributed by atoms with Crippen molar-refractivity contribution in [3.05, 3.63) is 18.3 Å². The van der Waals surface area contributed by atoms with Crippen molar-refractivity contribution in [3.8, 4) is 5.88 Å². The van der Waals surface area contributed by atoms with Crippen molar-refractivity contribution < 1.29 is 14.3 Å². The molecule has 3 heterocycles. The van der Waals surface area contributed by atoms with Crippen molar-refractivity contribution >= 4 is 11.8 Å². The predicted molar refractivity (Wildman–Crippen MR) is 82.6 cm³/mol. The van der Waals surface area contributed by atoms with Crippen molar-refractivity contribution in [3.63, 3.8) is 0 Å². The van der Waals surface area contributed by atoms with Crippen LogP contribution in [-0.2, 0) is 9.59 Å². The highest BCUT2D eigenvalue weighted by atomic mass is 16.5. The van der Waals surface area contributed by atoms with E-state index in [1.165, 1.54) is 0 Å². The fraction of sp³-hybridized carbons (Fsp3) is 0.625. The maximum absolute atomic E-state index is 12.6. The standard InChI is InChI=1S/C16H22N4O3/c1-12(21)19-8-4-13(5-9-19)16(22)20-10-6-14(11-20)23-15-3-2-7-17-18-15/h2-3,7,13-14H,4-6,8-11H2,1H3/t14-/m0/s1. The molecule has 0 spiro atoms. The third-order valence-electron chi connectivity index (χ3n) is 4.58. The number of carbonyl (C=O) groups is 2. The number of aromatic nitrogens is 2. The van der Waals surface area contributed by atoms with Crippen molar-refractivity contribution in [2.45, 2.75) is 32.3 Å². The molecule has 0 bridgehead atoms. The van der Waals surface area contributed by atoms with Gasteiger partial charge in [0.15, 0.2) is 0 Å². The molecule has 2 saturated heterocycles. The first kappa shape index (κ1) is 15.7. The lowest BCUT2D eigenvalue weighted by molar-refractivity contribution is -0.139. The van der Waals surface area contributed by atoms with Crippen molar-refractivity contribution in [1.29, 1.82) is 0 Å². The van der Waals surface area contributed by atoms with Crippen molar-refractivity contribution in [2.75, 3.05) is 26.2 Å². The Balaban J connectivity index is 1.49. The molecule has 1 atom stereocenters. The van der Waals surface area contributed by atoms with E-state index >= 15 is 0 Å². The molecule has 2 aliphatic heterocycles. The number of carbonyl (C=O) groups excluding carboxylic acids is 2. The average molecular weight is 318 g/mol. The van der Waals surface area contributed by atoms with Gasteiger partial charge in [-0.2, -0.15) is 5.10 Å². The Bertz CT molecular complexity index is 558. The molecule has 0 aliphatic carbocycles. The minimum absolute atomic E-state index is 0.0204. The molecule has 0 unspecified atom stereocenters. The van der Waals surface area contributed by atoms with Crippen LogP contribution >= 0.6 is 0 Å². The second-order valence-electron chi connectivity index (χ2n) is 6.16. The molecule has 7 heteroatoms. The van der Waals surface area contributed by atoms with Gasteiger partial charge in [-0.25, -0.2) is 0 Å². The molecular formula is C16H22N4O3. The molecule has 2 amide bonds. The van der Waals surface area contributed by atoms with E-state index in [-0.39, 0.29) is 23.8 Å². The molecule has 2 fully saturated rings. The molecular weight excluding hydrogens is 296 g/mol. The zero-order valence-electron chi connectivity index (χ0n) is 13.4. The number of hydrogen-bond donors (Lipinski definition) is 0. The van der Waals surface area contributed by atoms with E-state index in [0.29, 0.717) is 25.5 Å². The minimum Gasteiger partial charge on any atom is -0.471 e. The van der Waals surface area contributed by atoms with Crippen LogP contribution < -0.4 is 4.74 Å². The van der Waals surface area contributed by atoms with Gasteiger partial charge in [0, 0.05) is 51.2 Å². The van der Waals surface area contributed by atoms with Gasteiger partial charge in [-0.1, -0.05) is 0 Å². The first-order valence-corrected chi connectivity index (χ1v) is 8.12. The minimum atomic E-state index is -0.0204. The van der Waals surface area contributed by atoms with Gasteiger partial charge in [-0.3, -0.25) is 9.59 Å². The summed E-state index contributed by atoms with van der Waals surface area (Å²) in [5, 5.41) is 7.70. The number of nitrogens with zero attached hydrogens (tertiary/aromatic N) is 4. The van der Waals surface area contributed by atoms with E-state index in [1.807, 2.05) is 9.80 Å². The van der Waals surface area contributed by atoms with Crippen molar-refractivity contribution in [1.82, 2.24) is 20.0 Å². The Kier molecular flexibility index (Phi) is 4.73. The van der Waals surface area contributed by atoms with E-state index in [4.69, 9.17) is 4.74 Å². The molecule has 1 aromatic heterocycles. The lowest BCUT2D eigenvalue weighted by Crippen LogP contribution is -2.43. The smallest absolute Gasteiger partial charge is 0.233 e. The second kappa shape index (κ2) is 6.93. The maximum Gasteiger partial charge on any atom is 0.233 e. The maximum atomic E-state index is 12.6. The first-order valence-electron chi connectivity index (χ1n) is 8.12. The Morgan fingerprint density at radius 3 is 2.57 bits per heavy atom. The van der Waals surface area contributed by atoms with E-state index in [2.05, 4.69) is 10.2 Å². The quantitative estimate of drug-likeness (QED) is 0.820. The van der Waals surface area contributed by atoms with E-state index in [9.17, 15) is 9.59 Å². The molecule has 124 valence electrons. The van der Waals surface area contributed by atoms with Crippen LogP contribution in [-0.4, -0.2) is 64.1 Å². The lowest BCUT2D eigenvalue weighted by Gasteiger charge is -2.32.